The van der Waals surface area contributed by atoms with Gasteiger partial charge in [-0.2, -0.15) is 0 Å². The molecule has 9 heteroatoms. The lowest BCUT2D eigenvalue weighted by Crippen LogP contribution is -2.35. The van der Waals surface area contributed by atoms with Gasteiger partial charge in [-0.1, -0.05) is 6.92 Å². The number of carbonyl (C=O) groups is 2. The molecular formula is C18H23N3O6. The first kappa shape index (κ1) is 20.1. The number of hydrogen-bond acceptors (Lipinski definition) is 7. The molecule has 2 aromatic rings. The lowest BCUT2D eigenvalue weighted by atomic mass is 10.2. The van der Waals surface area contributed by atoms with E-state index >= 15 is 0 Å². The smallest absolute Gasteiger partial charge is 0.360 e. The van der Waals surface area contributed by atoms with Crippen molar-refractivity contribution in [3.8, 4) is 11.5 Å². The van der Waals surface area contributed by atoms with Gasteiger partial charge in [-0.05, 0) is 18.6 Å². The van der Waals surface area contributed by atoms with Crippen LogP contribution in [0.1, 0.15) is 29.7 Å². The predicted molar refractivity (Wildman–Crippen MR) is 97.1 cm³/mol. The minimum atomic E-state index is -0.598. The van der Waals surface area contributed by atoms with Crippen molar-refractivity contribution in [3.05, 3.63) is 36.0 Å². The van der Waals surface area contributed by atoms with Crippen molar-refractivity contribution in [1.82, 2.24) is 9.88 Å². The fourth-order valence-corrected chi connectivity index (χ4v) is 2.36. The molecule has 9 nitrogen and oxygen atoms in total. The second kappa shape index (κ2) is 9.46. The van der Waals surface area contributed by atoms with Crippen LogP contribution in [-0.4, -0.2) is 49.8 Å². The van der Waals surface area contributed by atoms with E-state index in [1.165, 1.54) is 25.4 Å². The maximum absolute atomic E-state index is 12.7. The Labute approximate surface area is 157 Å². The van der Waals surface area contributed by atoms with E-state index in [1.54, 1.807) is 25.3 Å². The summed E-state index contributed by atoms with van der Waals surface area (Å²) in [6.07, 6.45) is 1.94. The van der Waals surface area contributed by atoms with Crippen molar-refractivity contribution in [2.24, 2.45) is 0 Å². The van der Waals surface area contributed by atoms with Crippen LogP contribution in [0.3, 0.4) is 0 Å². The van der Waals surface area contributed by atoms with Crippen molar-refractivity contribution in [2.45, 2.75) is 19.9 Å². The Balaban J connectivity index is 2.13. The Morgan fingerprint density at radius 1 is 1.22 bits per heavy atom. The van der Waals surface area contributed by atoms with Gasteiger partial charge in [0, 0.05) is 12.6 Å². The number of aromatic nitrogens is 1. The first-order valence-corrected chi connectivity index (χ1v) is 8.33. The highest BCUT2D eigenvalue weighted by Gasteiger charge is 2.19. The molecule has 1 N–H and O–H groups in total. The van der Waals surface area contributed by atoms with Crippen molar-refractivity contribution in [3.63, 3.8) is 0 Å². The normalized spacial score (nSPS) is 10.2. The van der Waals surface area contributed by atoms with E-state index in [-0.39, 0.29) is 24.2 Å². The SMILES string of the molecule is CCCN(Cc1nc(C(=O)OC)co1)C(=O)Nc1ccc(OC)cc1OC. The Morgan fingerprint density at radius 3 is 2.63 bits per heavy atom. The average molecular weight is 377 g/mol. The number of rotatable bonds is 8. The van der Waals surface area contributed by atoms with Crippen LogP contribution in [-0.2, 0) is 11.3 Å². The number of urea groups is 1. The van der Waals surface area contributed by atoms with Crippen LogP contribution in [0.15, 0.2) is 28.9 Å². The van der Waals surface area contributed by atoms with Crippen LogP contribution in [0, 0.1) is 0 Å². The molecule has 0 bridgehead atoms. The summed E-state index contributed by atoms with van der Waals surface area (Å²) in [4.78, 5) is 29.7. The molecule has 0 unspecified atom stereocenters. The predicted octanol–water partition coefficient (Wildman–Crippen LogP) is 2.92. The van der Waals surface area contributed by atoms with Crippen LogP contribution < -0.4 is 14.8 Å². The summed E-state index contributed by atoms with van der Waals surface area (Å²) < 4.78 is 20.3. The van der Waals surface area contributed by atoms with Gasteiger partial charge in [-0.25, -0.2) is 14.6 Å². The fourth-order valence-electron chi connectivity index (χ4n) is 2.36. The molecule has 2 amide bonds. The zero-order valence-electron chi connectivity index (χ0n) is 15.8. The molecule has 0 saturated heterocycles. The number of benzene rings is 1. The van der Waals surface area contributed by atoms with Crippen LogP contribution in [0.5, 0.6) is 11.5 Å². The Hall–Kier alpha value is -3.23. The second-order valence-electron chi connectivity index (χ2n) is 5.54. The maximum Gasteiger partial charge on any atom is 0.360 e. The molecule has 146 valence electrons. The Morgan fingerprint density at radius 2 is 2.00 bits per heavy atom. The van der Waals surface area contributed by atoms with E-state index in [0.717, 1.165) is 6.42 Å². The van der Waals surface area contributed by atoms with E-state index in [9.17, 15) is 9.59 Å². The largest absolute Gasteiger partial charge is 0.497 e. The highest BCUT2D eigenvalue weighted by atomic mass is 16.5. The van der Waals surface area contributed by atoms with Gasteiger partial charge in [0.1, 0.15) is 17.8 Å². The molecule has 0 aliphatic rings. The molecule has 0 spiro atoms. The number of nitrogens with one attached hydrogen (secondary N) is 1. The zero-order chi connectivity index (χ0) is 19.8. The van der Waals surface area contributed by atoms with E-state index < -0.39 is 5.97 Å². The van der Waals surface area contributed by atoms with Gasteiger partial charge in [0.2, 0.25) is 5.89 Å². The third-order valence-electron chi connectivity index (χ3n) is 3.70. The molecule has 0 fully saturated rings. The molecule has 1 aromatic carbocycles. The molecule has 0 aliphatic carbocycles. The Kier molecular flexibility index (Phi) is 7.04. The summed E-state index contributed by atoms with van der Waals surface area (Å²) >= 11 is 0. The highest BCUT2D eigenvalue weighted by molar-refractivity contribution is 5.91. The standard InChI is InChI=1S/C18H23N3O6/c1-5-8-21(10-16-19-14(11-27-16)17(22)26-4)18(23)20-13-7-6-12(24-2)9-15(13)25-3/h6-7,9,11H,5,8,10H2,1-4H3,(H,20,23). The lowest BCUT2D eigenvalue weighted by Gasteiger charge is -2.22. The van der Waals surface area contributed by atoms with Crippen LogP contribution in [0.4, 0.5) is 10.5 Å². The van der Waals surface area contributed by atoms with Gasteiger partial charge in [0.15, 0.2) is 5.69 Å². The van der Waals surface area contributed by atoms with Crippen molar-refractivity contribution in [1.29, 1.82) is 0 Å². The monoisotopic (exact) mass is 377 g/mol. The van der Waals surface area contributed by atoms with E-state index in [0.29, 0.717) is 23.7 Å². The topological polar surface area (TPSA) is 103 Å². The minimum Gasteiger partial charge on any atom is -0.497 e. The van der Waals surface area contributed by atoms with Gasteiger partial charge >= 0.3 is 12.0 Å². The van der Waals surface area contributed by atoms with E-state index in [4.69, 9.17) is 13.9 Å². The van der Waals surface area contributed by atoms with Gasteiger partial charge < -0.3 is 28.8 Å². The molecular weight excluding hydrogens is 354 g/mol. The fraction of sp³-hybridized carbons (Fsp3) is 0.389. The number of esters is 1. The van der Waals surface area contributed by atoms with Crippen LogP contribution in [0.2, 0.25) is 0 Å². The summed E-state index contributed by atoms with van der Waals surface area (Å²) in [5, 5.41) is 2.80. The highest BCUT2D eigenvalue weighted by Crippen LogP contribution is 2.29. The van der Waals surface area contributed by atoms with Crippen LogP contribution >= 0.6 is 0 Å². The number of nitrogens with zero attached hydrogens (tertiary/aromatic N) is 2. The van der Waals surface area contributed by atoms with Gasteiger partial charge in [0.25, 0.3) is 0 Å². The van der Waals surface area contributed by atoms with Gasteiger partial charge in [-0.15, -0.1) is 0 Å². The number of carbonyl (C=O) groups excluding carboxylic acids is 2. The average Bonchev–Trinajstić information content (AvgIpc) is 3.15. The summed E-state index contributed by atoms with van der Waals surface area (Å²) in [7, 11) is 4.32. The molecule has 2 rings (SSSR count). The quantitative estimate of drug-likeness (QED) is 0.706. The number of anilines is 1. The number of hydrogen-bond donors (Lipinski definition) is 1. The summed E-state index contributed by atoms with van der Waals surface area (Å²) in [6, 6.07) is 4.74. The molecule has 1 heterocycles. The maximum atomic E-state index is 12.7. The van der Waals surface area contributed by atoms with Gasteiger partial charge in [0.05, 0.1) is 33.6 Å². The number of methoxy groups -OCH3 is 3. The summed E-state index contributed by atoms with van der Waals surface area (Å²) in [5.41, 5.74) is 0.563. The summed E-state index contributed by atoms with van der Waals surface area (Å²) in [5.74, 6) is 0.730. The molecule has 0 aliphatic heterocycles. The third-order valence-corrected chi connectivity index (χ3v) is 3.70. The molecule has 1 aromatic heterocycles. The number of amides is 2. The third kappa shape index (κ3) is 5.13. The molecule has 0 saturated carbocycles. The van der Waals surface area contributed by atoms with Crippen LogP contribution in [0.25, 0.3) is 0 Å². The molecule has 27 heavy (non-hydrogen) atoms. The number of oxazole rings is 1. The van der Waals surface area contributed by atoms with Gasteiger partial charge in [-0.3, -0.25) is 0 Å². The zero-order valence-corrected chi connectivity index (χ0v) is 15.8. The first-order chi connectivity index (χ1) is 13.0. The number of ether oxygens (including phenoxy) is 3. The van der Waals surface area contributed by atoms with Crippen molar-refractivity contribution in [2.75, 3.05) is 33.2 Å². The Bertz CT molecular complexity index is 789. The van der Waals surface area contributed by atoms with Crippen molar-refractivity contribution >= 4 is 17.7 Å². The van der Waals surface area contributed by atoms with E-state index in [1.807, 2.05) is 6.92 Å². The van der Waals surface area contributed by atoms with E-state index in [2.05, 4.69) is 15.0 Å². The lowest BCUT2D eigenvalue weighted by molar-refractivity contribution is 0.0594. The minimum absolute atomic E-state index is 0.0566. The second-order valence-corrected chi connectivity index (χ2v) is 5.54. The summed E-state index contributed by atoms with van der Waals surface area (Å²) in [6.45, 7) is 2.53. The molecule has 0 radical (unpaired) electrons. The van der Waals surface area contributed by atoms with Crippen molar-refractivity contribution < 1.29 is 28.2 Å². The molecule has 0 atom stereocenters. The first-order valence-electron chi connectivity index (χ1n) is 8.33.